The van der Waals surface area contributed by atoms with Crippen molar-refractivity contribution in [2.75, 3.05) is 0 Å². The predicted molar refractivity (Wildman–Crippen MR) is 136 cm³/mol. The lowest BCUT2D eigenvalue weighted by atomic mass is 9.43. The maximum Gasteiger partial charge on any atom is 0.0849 e. The molecular weight excluding hydrogens is 408 g/mol. The average Bonchev–Trinajstić information content (AvgIpc) is 3.00. The fraction of sp³-hybridized carbons (Fsp3) is 0.933. The monoisotopic (exact) mass is 460 g/mol. The molecule has 4 rings (SSSR count). The van der Waals surface area contributed by atoms with Crippen LogP contribution in [-0.4, -0.2) is 33.1 Å². The molecule has 33 heavy (non-hydrogen) atoms. The normalized spacial score (nSPS) is 44.6. The number of rotatable bonds is 5. The molecule has 4 aliphatic carbocycles. The molecule has 3 N–H and O–H groups in total. The van der Waals surface area contributed by atoms with Crippen LogP contribution >= 0.6 is 0 Å². The lowest BCUT2D eigenvalue weighted by Crippen LogP contribution is -2.55. The summed E-state index contributed by atoms with van der Waals surface area (Å²) in [5.74, 6) is 1.83. The van der Waals surface area contributed by atoms with Crippen LogP contribution in [0.15, 0.2) is 11.1 Å². The Morgan fingerprint density at radius 1 is 0.909 bits per heavy atom. The van der Waals surface area contributed by atoms with Gasteiger partial charge in [-0.15, -0.1) is 0 Å². The Kier molecular flexibility index (Phi) is 6.28. The Morgan fingerprint density at radius 3 is 2.21 bits per heavy atom. The highest BCUT2D eigenvalue weighted by Gasteiger charge is 2.63. The van der Waals surface area contributed by atoms with E-state index in [1.807, 2.05) is 0 Å². The van der Waals surface area contributed by atoms with Crippen LogP contribution in [0.2, 0.25) is 0 Å². The topological polar surface area (TPSA) is 60.7 Å². The molecule has 0 spiro atoms. The zero-order chi connectivity index (χ0) is 24.6. The molecule has 2 saturated carbocycles. The third kappa shape index (κ3) is 3.70. The minimum atomic E-state index is -1.02. The van der Waals surface area contributed by atoms with Crippen molar-refractivity contribution in [2.45, 2.75) is 137 Å². The van der Waals surface area contributed by atoms with Crippen molar-refractivity contribution < 1.29 is 15.3 Å². The molecule has 3 nitrogen and oxygen atoms in total. The molecule has 4 aliphatic rings. The molecule has 0 aromatic heterocycles. The summed E-state index contributed by atoms with van der Waals surface area (Å²) in [5, 5.41) is 31.4. The number of aliphatic hydroxyl groups excluding tert-OH is 2. The van der Waals surface area contributed by atoms with Gasteiger partial charge < -0.3 is 15.3 Å². The van der Waals surface area contributed by atoms with Crippen LogP contribution < -0.4 is 0 Å². The van der Waals surface area contributed by atoms with Gasteiger partial charge in [-0.25, -0.2) is 0 Å². The van der Waals surface area contributed by atoms with Crippen LogP contribution in [0.5, 0.6) is 0 Å². The molecule has 0 bridgehead atoms. The van der Waals surface area contributed by atoms with Crippen molar-refractivity contribution >= 4 is 0 Å². The number of fused-ring (bicyclic) bond motifs is 4. The molecule has 0 amide bonds. The molecule has 2 fully saturated rings. The van der Waals surface area contributed by atoms with Gasteiger partial charge in [0.15, 0.2) is 0 Å². The Labute approximate surface area is 203 Å². The maximum atomic E-state index is 10.8. The lowest BCUT2D eigenvalue weighted by molar-refractivity contribution is -0.0964. The number of hydrogen-bond acceptors (Lipinski definition) is 3. The summed E-state index contributed by atoms with van der Waals surface area (Å²) in [4.78, 5) is 0. The van der Waals surface area contributed by atoms with E-state index in [1.165, 1.54) is 38.5 Å². The molecule has 0 aromatic rings. The third-order valence-electron chi connectivity index (χ3n) is 12.2. The van der Waals surface area contributed by atoms with Crippen molar-refractivity contribution in [1.82, 2.24) is 0 Å². The summed E-state index contributed by atoms with van der Waals surface area (Å²) in [6.45, 7) is 18.2. The molecule has 190 valence electrons. The van der Waals surface area contributed by atoms with E-state index in [1.54, 1.807) is 25.0 Å². The highest BCUT2D eigenvalue weighted by atomic mass is 16.3. The fourth-order valence-electron chi connectivity index (χ4n) is 9.60. The van der Waals surface area contributed by atoms with E-state index in [0.717, 1.165) is 19.3 Å². The van der Waals surface area contributed by atoms with E-state index >= 15 is 0 Å². The minimum Gasteiger partial charge on any atom is -0.393 e. The SMILES string of the molecule is C[C@H](CC[C@H](O)C(C)(C)O)[C@H]1CC[C@@]2(C)C3=C(CC[C@]12C)[C@@]1(C)CC[C@H](O)C(C)(C)C1CC3. The second-order valence-electron chi connectivity index (χ2n) is 14.5. The fourth-order valence-corrected chi connectivity index (χ4v) is 9.60. The molecule has 0 aliphatic heterocycles. The summed E-state index contributed by atoms with van der Waals surface area (Å²) in [6.07, 6.45) is 10.5. The molecule has 0 heterocycles. The van der Waals surface area contributed by atoms with Gasteiger partial charge in [0.1, 0.15) is 0 Å². The smallest absolute Gasteiger partial charge is 0.0849 e. The first-order valence-electron chi connectivity index (χ1n) is 13.9. The van der Waals surface area contributed by atoms with Gasteiger partial charge in [0.2, 0.25) is 0 Å². The first kappa shape index (κ1) is 25.7. The molecular formula is C30H52O3. The van der Waals surface area contributed by atoms with Gasteiger partial charge >= 0.3 is 0 Å². The van der Waals surface area contributed by atoms with Gasteiger partial charge in [0.05, 0.1) is 17.8 Å². The van der Waals surface area contributed by atoms with Crippen molar-refractivity contribution in [3.8, 4) is 0 Å². The van der Waals surface area contributed by atoms with Crippen LogP contribution in [0.25, 0.3) is 0 Å². The second-order valence-corrected chi connectivity index (χ2v) is 14.5. The van der Waals surface area contributed by atoms with E-state index in [0.29, 0.717) is 29.6 Å². The van der Waals surface area contributed by atoms with Gasteiger partial charge in [-0.05, 0) is 117 Å². The Bertz CT molecular complexity index is 791. The minimum absolute atomic E-state index is 0.00122. The van der Waals surface area contributed by atoms with Gasteiger partial charge in [0.25, 0.3) is 0 Å². The number of allylic oxidation sites excluding steroid dienone is 2. The summed E-state index contributed by atoms with van der Waals surface area (Å²) in [5.41, 5.74) is 3.41. The molecule has 0 saturated heterocycles. The first-order chi connectivity index (χ1) is 15.1. The predicted octanol–water partition coefficient (Wildman–Crippen LogP) is 6.64. The molecule has 1 unspecified atom stereocenters. The Balaban J connectivity index is 1.60. The highest BCUT2D eigenvalue weighted by Crippen LogP contribution is 2.72. The standard InChI is InChI=1S/C30H52O3/c1-19(9-12-25(32)27(4,5)33)20-13-17-30(8)22-10-11-23-26(2,3)24(31)15-16-28(23,6)21(22)14-18-29(20,30)7/h19-20,23-25,31-33H,9-18H2,1-8H3/t19-,20-,23?,24+,25+,28-,29-,30+/m1/s1. The van der Waals surface area contributed by atoms with E-state index < -0.39 is 11.7 Å². The van der Waals surface area contributed by atoms with Crippen molar-refractivity contribution in [3.05, 3.63) is 11.1 Å². The van der Waals surface area contributed by atoms with Crippen LogP contribution in [-0.2, 0) is 0 Å². The molecule has 0 aromatic carbocycles. The van der Waals surface area contributed by atoms with Gasteiger partial charge in [-0.3, -0.25) is 0 Å². The summed E-state index contributed by atoms with van der Waals surface area (Å²) < 4.78 is 0. The maximum absolute atomic E-state index is 10.8. The lowest BCUT2D eigenvalue weighted by Gasteiger charge is -2.62. The largest absolute Gasteiger partial charge is 0.393 e. The first-order valence-corrected chi connectivity index (χ1v) is 13.9. The van der Waals surface area contributed by atoms with Crippen LogP contribution in [0.1, 0.15) is 120 Å². The van der Waals surface area contributed by atoms with Crippen molar-refractivity contribution in [1.29, 1.82) is 0 Å². The second kappa shape index (κ2) is 8.07. The Morgan fingerprint density at radius 2 is 1.58 bits per heavy atom. The van der Waals surface area contributed by atoms with Gasteiger partial charge in [-0.2, -0.15) is 0 Å². The average molecular weight is 461 g/mol. The van der Waals surface area contributed by atoms with E-state index in [9.17, 15) is 15.3 Å². The number of hydrogen-bond donors (Lipinski definition) is 3. The molecule has 3 heteroatoms. The van der Waals surface area contributed by atoms with Gasteiger partial charge in [0, 0.05) is 0 Å². The zero-order valence-corrected chi connectivity index (χ0v) is 22.8. The summed E-state index contributed by atoms with van der Waals surface area (Å²) >= 11 is 0. The number of aliphatic hydroxyl groups is 3. The summed E-state index contributed by atoms with van der Waals surface area (Å²) in [6, 6.07) is 0. The Hall–Kier alpha value is -0.380. The highest BCUT2D eigenvalue weighted by molar-refractivity contribution is 5.38. The molecule has 0 radical (unpaired) electrons. The van der Waals surface area contributed by atoms with E-state index in [4.69, 9.17) is 0 Å². The van der Waals surface area contributed by atoms with Crippen molar-refractivity contribution in [3.63, 3.8) is 0 Å². The zero-order valence-electron chi connectivity index (χ0n) is 22.8. The van der Waals surface area contributed by atoms with Crippen molar-refractivity contribution in [2.24, 2.45) is 39.4 Å². The van der Waals surface area contributed by atoms with Crippen LogP contribution in [0, 0.1) is 39.4 Å². The summed E-state index contributed by atoms with van der Waals surface area (Å²) in [7, 11) is 0. The van der Waals surface area contributed by atoms with E-state index in [2.05, 4.69) is 41.5 Å². The van der Waals surface area contributed by atoms with Gasteiger partial charge in [-0.1, -0.05) is 52.7 Å². The van der Waals surface area contributed by atoms with Crippen LogP contribution in [0.4, 0.5) is 0 Å². The van der Waals surface area contributed by atoms with E-state index in [-0.39, 0.29) is 22.3 Å². The quantitative estimate of drug-likeness (QED) is 0.403. The third-order valence-corrected chi connectivity index (χ3v) is 12.2. The molecule has 8 atom stereocenters. The van der Waals surface area contributed by atoms with Crippen LogP contribution in [0.3, 0.4) is 0 Å².